The molecule has 0 heterocycles. The van der Waals surface area contributed by atoms with E-state index in [9.17, 15) is 4.79 Å². The summed E-state index contributed by atoms with van der Waals surface area (Å²) in [5, 5.41) is 8.58. The van der Waals surface area contributed by atoms with Crippen molar-refractivity contribution in [3.8, 4) is 6.07 Å². The third-order valence-corrected chi connectivity index (χ3v) is 2.82. The van der Waals surface area contributed by atoms with Crippen molar-refractivity contribution in [2.75, 3.05) is 18.0 Å². The van der Waals surface area contributed by atoms with Gasteiger partial charge in [0, 0.05) is 18.8 Å². The van der Waals surface area contributed by atoms with Crippen LogP contribution in [-0.4, -0.2) is 25.2 Å². The highest BCUT2D eigenvalue weighted by molar-refractivity contribution is 5.70. The Balaban J connectivity index is 2.54. The monoisotopic (exact) mass is 260 g/mol. The summed E-state index contributed by atoms with van der Waals surface area (Å²) in [6, 6.07) is 10.0. The second-order valence-corrected chi connectivity index (χ2v) is 4.43. The number of carbonyl (C=O) groups excluding carboxylic acids is 1. The summed E-state index contributed by atoms with van der Waals surface area (Å²) >= 11 is 0. The van der Waals surface area contributed by atoms with Crippen LogP contribution in [0.15, 0.2) is 24.3 Å². The highest BCUT2D eigenvalue weighted by Gasteiger charge is 2.11. The maximum absolute atomic E-state index is 11.5. The molecule has 1 atom stereocenters. The van der Waals surface area contributed by atoms with E-state index in [-0.39, 0.29) is 12.4 Å². The topological polar surface area (TPSA) is 53.3 Å². The number of carbonyl (C=O) groups is 1. The van der Waals surface area contributed by atoms with E-state index in [1.54, 1.807) is 6.92 Å². The maximum Gasteiger partial charge on any atom is 0.308 e. The average Bonchev–Trinajstić information content (AvgIpc) is 2.39. The zero-order valence-corrected chi connectivity index (χ0v) is 11.7. The Morgan fingerprint density at radius 1 is 1.53 bits per heavy atom. The normalized spacial score (nSPS) is 11.5. The molecule has 0 aliphatic heterocycles. The van der Waals surface area contributed by atoms with E-state index in [1.165, 1.54) is 5.56 Å². The largest absolute Gasteiger partial charge is 0.447 e. The first kappa shape index (κ1) is 15.0. The number of rotatable bonds is 6. The van der Waals surface area contributed by atoms with Gasteiger partial charge in [0.05, 0.1) is 6.42 Å². The summed E-state index contributed by atoms with van der Waals surface area (Å²) in [6.45, 7) is 7.07. The summed E-state index contributed by atoms with van der Waals surface area (Å²) < 4.78 is 4.93. The standard InChI is InChI=1S/C15H20N2O2/c1-4-17(14-7-5-6-12(2)10-14)9-8-15(18)19-13(3)11-16/h5-7,10,13H,4,8-9H2,1-3H3. The highest BCUT2D eigenvalue weighted by Crippen LogP contribution is 2.16. The fourth-order valence-corrected chi connectivity index (χ4v) is 1.80. The van der Waals surface area contributed by atoms with Gasteiger partial charge in [0.15, 0.2) is 6.10 Å². The number of anilines is 1. The molecular formula is C15H20N2O2. The van der Waals surface area contributed by atoms with Gasteiger partial charge in [-0.25, -0.2) is 0 Å². The third-order valence-electron chi connectivity index (χ3n) is 2.82. The van der Waals surface area contributed by atoms with Crippen LogP contribution in [0.3, 0.4) is 0 Å². The summed E-state index contributed by atoms with van der Waals surface area (Å²) in [5.74, 6) is -0.333. The van der Waals surface area contributed by atoms with Crippen molar-refractivity contribution in [3.05, 3.63) is 29.8 Å². The van der Waals surface area contributed by atoms with Crippen LogP contribution in [-0.2, 0) is 9.53 Å². The Morgan fingerprint density at radius 2 is 2.26 bits per heavy atom. The van der Waals surface area contributed by atoms with E-state index < -0.39 is 6.10 Å². The van der Waals surface area contributed by atoms with Crippen LogP contribution in [0, 0.1) is 18.3 Å². The zero-order valence-electron chi connectivity index (χ0n) is 11.7. The molecule has 0 N–H and O–H groups in total. The third kappa shape index (κ3) is 5.01. The second-order valence-electron chi connectivity index (χ2n) is 4.43. The average molecular weight is 260 g/mol. The van der Waals surface area contributed by atoms with Crippen LogP contribution >= 0.6 is 0 Å². The molecule has 19 heavy (non-hydrogen) atoms. The Hall–Kier alpha value is -2.02. The molecule has 1 rings (SSSR count). The van der Waals surface area contributed by atoms with Crippen molar-refractivity contribution < 1.29 is 9.53 Å². The van der Waals surface area contributed by atoms with Crippen LogP contribution in [0.2, 0.25) is 0 Å². The van der Waals surface area contributed by atoms with Crippen molar-refractivity contribution >= 4 is 11.7 Å². The number of hydrogen-bond donors (Lipinski definition) is 0. The second kappa shape index (κ2) is 7.42. The molecular weight excluding hydrogens is 240 g/mol. The Bertz CT molecular complexity index is 465. The number of benzene rings is 1. The van der Waals surface area contributed by atoms with Crippen LogP contribution in [0.25, 0.3) is 0 Å². The molecule has 0 aromatic heterocycles. The highest BCUT2D eigenvalue weighted by atomic mass is 16.5. The lowest BCUT2D eigenvalue weighted by atomic mass is 10.2. The summed E-state index contributed by atoms with van der Waals surface area (Å²) in [5.41, 5.74) is 2.29. The van der Waals surface area contributed by atoms with Crippen molar-refractivity contribution in [2.24, 2.45) is 0 Å². The number of esters is 1. The number of aryl methyl sites for hydroxylation is 1. The Morgan fingerprint density at radius 3 is 2.84 bits per heavy atom. The molecule has 102 valence electrons. The first-order valence-corrected chi connectivity index (χ1v) is 6.47. The molecule has 0 radical (unpaired) electrons. The molecule has 4 heteroatoms. The Kier molecular flexibility index (Phi) is 5.87. The van der Waals surface area contributed by atoms with E-state index in [0.717, 1.165) is 12.2 Å². The maximum atomic E-state index is 11.5. The molecule has 0 amide bonds. The number of ether oxygens (including phenoxy) is 1. The quantitative estimate of drug-likeness (QED) is 0.738. The van der Waals surface area contributed by atoms with Crippen molar-refractivity contribution in [2.45, 2.75) is 33.3 Å². The SMILES string of the molecule is CCN(CCC(=O)OC(C)C#N)c1cccc(C)c1. The van der Waals surface area contributed by atoms with Gasteiger partial charge in [0.1, 0.15) is 6.07 Å². The molecule has 0 bridgehead atoms. The van der Waals surface area contributed by atoms with E-state index in [0.29, 0.717) is 6.54 Å². The van der Waals surface area contributed by atoms with Crippen LogP contribution < -0.4 is 4.90 Å². The van der Waals surface area contributed by atoms with Gasteiger partial charge in [-0.3, -0.25) is 4.79 Å². The van der Waals surface area contributed by atoms with Gasteiger partial charge in [-0.2, -0.15) is 5.26 Å². The van der Waals surface area contributed by atoms with Crippen LogP contribution in [0.4, 0.5) is 5.69 Å². The van der Waals surface area contributed by atoms with E-state index in [1.807, 2.05) is 38.1 Å². The molecule has 0 saturated carbocycles. The van der Waals surface area contributed by atoms with Gasteiger partial charge in [-0.1, -0.05) is 12.1 Å². The van der Waals surface area contributed by atoms with E-state index >= 15 is 0 Å². The molecule has 0 fully saturated rings. The first-order valence-electron chi connectivity index (χ1n) is 6.47. The lowest BCUT2D eigenvalue weighted by molar-refractivity contribution is -0.145. The summed E-state index contributed by atoms with van der Waals surface area (Å²) in [6.07, 6.45) is -0.394. The fraction of sp³-hybridized carbons (Fsp3) is 0.467. The number of nitriles is 1. The van der Waals surface area contributed by atoms with E-state index in [2.05, 4.69) is 11.0 Å². The summed E-state index contributed by atoms with van der Waals surface area (Å²) in [4.78, 5) is 13.6. The first-order chi connectivity index (χ1) is 9.06. The van der Waals surface area contributed by atoms with Crippen molar-refractivity contribution in [1.82, 2.24) is 0 Å². The van der Waals surface area contributed by atoms with Gasteiger partial charge >= 0.3 is 5.97 Å². The van der Waals surface area contributed by atoms with Gasteiger partial charge in [-0.05, 0) is 38.5 Å². The van der Waals surface area contributed by atoms with Crippen molar-refractivity contribution in [1.29, 1.82) is 5.26 Å². The van der Waals surface area contributed by atoms with Crippen LogP contribution in [0.5, 0.6) is 0 Å². The molecule has 1 aromatic rings. The van der Waals surface area contributed by atoms with Gasteiger partial charge in [0.25, 0.3) is 0 Å². The smallest absolute Gasteiger partial charge is 0.308 e. The van der Waals surface area contributed by atoms with E-state index in [4.69, 9.17) is 10.00 Å². The zero-order chi connectivity index (χ0) is 14.3. The molecule has 0 saturated heterocycles. The molecule has 0 spiro atoms. The van der Waals surface area contributed by atoms with Crippen LogP contribution in [0.1, 0.15) is 25.8 Å². The predicted octanol–water partition coefficient (Wildman–Crippen LogP) is 2.67. The molecule has 4 nitrogen and oxygen atoms in total. The number of hydrogen-bond acceptors (Lipinski definition) is 4. The predicted molar refractivity (Wildman–Crippen MR) is 74.9 cm³/mol. The fourth-order valence-electron chi connectivity index (χ4n) is 1.80. The lowest BCUT2D eigenvalue weighted by Gasteiger charge is -2.23. The van der Waals surface area contributed by atoms with Gasteiger partial charge in [0.2, 0.25) is 0 Å². The Labute approximate surface area is 114 Å². The lowest BCUT2D eigenvalue weighted by Crippen LogP contribution is -2.27. The van der Waals surface area contributed by atoms with Crippen molar-refractivity contribution in [3.63, 3.8) is 0 Å². The van der Waals surface area contributed by atoms with Gasteiger partial charge in [-0.15, -0.1) is 0 Å². The molecule has 1 aromatic carbocycles. The minimum Gasteiger partial charge on any atom is -0.447 e. The molecule has 1 unspecified atom stereocenters. The summed E-state index contributed by atoms with van der Waals surface area (Å²) in [7, 11) is 0. The minimum atomic E-state index is -0.679. The molecule has 0 aliphatic carbocycles. The minimum absolute atomic E-state index is 0.286. The number of nitrogens with zero attached hydrogens (tertiary/aromatic N) is 2. The van der Waals surface area contributed by atoms with Gasteiger partial charge < -0.3 is 9.64 Å². The molecule has 0 aliphatic rings.